The molecule has 1 atom stereocenters. The third-order valence-electron chi connectivity index (χ3n) is 2.83. The Balaban J connectivity index is 2.96. The van der Waals surface area contributed by atoms with Gasteiger partial charge in [0.05, 0.1) is 5.56 Å². The van der Waals surface area contributed by atoms with Gasteiger partial charge >= 0.3 is 0 Å². The van der Waals surface area contributed by atoms with Gasteiger partial charge in [-0.25, -0.2) is 4.39 Å². The zero-order chi connectivity index (χ0) is 13.0. The lowest BCUT2D eigenvalue weighted by molar-refractivity contribution is 0.0924. The van der Waals surface area contributed by atoms with Crippen molar-refractivity contribution in [2.24, 2.45) is 5.92 Å². The zero-order valence-electron chi connectivity index (χ0n) is 10.9. The third-order valence-corrected chi connectivity index (χ3v) is 2.83. The van der Waals surface area contributed by atoms with Crippen LogP contribution in [0.3, 0.4) is 0 Å². The summed E-state index contributed by atoms with van der Waals surface area (Å²) >= 11 is 0. The fourth-order valence-electron chi connectivity index (χ4n) is 1.93. The van der Waals surface area contributed by atoms with E-state index in [1.807, 2.05) is 26.8 Å². The SMILES string of the molecule is CCNCC(C)C(=O)c1c(C)cc(C)cc1F. The van der Waals surface area contributed by atoms with Crippen molar-refractivity contribution >= 4 is 5.78 Å². The monoisotopic (exact) mass is 237 g/mol. The average Bonchev–Trinajstić information content (AvgIpc) is 2.24. The molecule has 0 saturated carbocycles. The van der Waals surface area contributed by atoms with Gasteiger partial charge in [0.1, 0.15) is 5.82 Å². The maximum Gasteiger partial charge on any atom is 0.170 e. The van der Waals surface area contributed by atoms with Crippen LogP contribution in [0.4, 0.5) is 4.39 Å². The molecule has 1 rings (SSSR count). The van der Waals surface area contributed by atoms with Crippen LogP contribution in [0.5, 0.6) is 0 Å². The Kier molecular flexibility index (Phi) is 4.82. The van der Waals surface area contributed by atoms with E-state index in [-0.39, 0.29) is 17.3 Å². The van der Waals surface area contributed by atoms with Gasteiger partial charge in [-0.2, -0.15) is 0 Å². The summed E-state index contributed by atoms with van der Waals surface area (Å²) in [5, 5.41) is 3.11. The number of ketones is 1. The van der Waals surface area contributed by atoms with Gasteiger partial charge in [0, 0.05) is 12.5 Å². The van der Waals surface area contributed by atoms with Gasteiger partial charge in [-0.15, -0.1) is 0 Å². The molecule has 3 heteroatoms. The standard InChI is InChI=1S/C14H20FNO/c1-5-16-8-11(4)14(17)13-10(3)6-9(2)7-12(13)15/h6-7,11,16H,5,8H2,1-4H3. The minimum atomic E-state index is -0.407. The lowest BCUT2D eigenvalue weighted by atomic mass is 9.94. The molecule has 0 amide bonds. The molecule has 1 unspecified atom stereocenters. The average molecular weight is 237 g/mol. The molecule has 0 aliphatic rings. The number of hydrogen-bond acceptors (Lipinski definition) is 2. The van der Waals surface area contributed by atoms with Crippen LogP contribution >= 0.6 is 0 Å². The molecule has 0 saturated heterocycles. The molecular weight excluding hydrogens is 217 g/mol. The Bertz CT molecular complexity index is 392. The topological polar surface area (TPSA) is 29.1 Å². The molecule has 0 aromatic heterocycles. The number of hydrogen-bond donors (Lipinski definition) is 1. The fraction of sp³-hybridized carbons (Fsp3) is 0.500. The number of halogens is 1. The van der Waals surface area contributed by atoms with Crippen LogP contribution in [-0.2, 0) is 0 Å². The Morgan fingerprint density at radius 3 is 2.59 bits per heavy atom. The first-order valence-electron chi connectivity index (χ1n) is 5.99. The van der Waals surface area contributed by atoms with Crippen molar-refractivity contribution in [3.8, 4) is 0 Å². The van der Waals surface area contributed by atoms with Crippen molar-refractivity contribution in [1.82, 2.24) is 5.32 Å². The fourth-order valence-corrected chi connectivity index (χ4v) is 1.93. The van der Waals surface area contributed by atoms with Crippen molar-refractivity contribution in [1.29, 1.82) is 0 Å². The van der Waals surface area contributed by atoms with Crippen LogP contribution < -0.4 is 5.32 Å². The van der Waals surface area contributed by atoms with Crippen LogP contribution in [0.25, 0.3) is 0 Å². The van der Waals surface area contributed by atoms with E-state index in [9.17, 15) is 9.18 Å². The van der Waals surface area contributed by atoms with Gasteiger partial charge in [-0.3, -0.25) is 4.79 Å². The summed E-state index contributed by atoms with van der Waals surface area (Å²) in [5.41, 5.74) is 1.80. The normalized spacial score (nSPS) is 12.5. The maximum absolute atomic E-state index is 13.8. The summed E-state index contributed by atoms with van der Waals surface area (Å²) in [7, 11) is 0. The van der Waals surface area contributed by atoms with E-state index >= 15 is 0 Å². The first kappa shape index (κ1) is 13.8. The van der Waals surface area contributed by atoms with Crippen LogP contribution in [0.1, 0.15) is 35.3 Å². The first-order chi connectivity index (χ1) is 7.97. The maximum atomic E-state index is 13.8. The van der Waals surface area contributed by atoms with Crippen molar-refractivity contribution in [2.45, 2.75) is 27.7 Å². The Morgan fingerprint density at radius 1 is 1.41 bits per heavy atom. The molecule has 17 heavy (non-hydrogen) atoms. The number of nitrogens with one attached hydrogen (secondary N) is 1. The molecule has 2 nitrogen and oxygen atoms in total. The molecule has 0 fully saturated rings. The van der Waals surface area contributed by atoms with Crippen LogP contribution in [-0.4, -0.2) is 18.9 Å². The zero-order valence-corrected chi connectivity index (χ0v) is 10.9. The van der Waals surface area contributed by atoms with Crippen LogP contribution in [0.2, 0.25) is 0 Å². The molecule has 0 spiro atoms. The minimum Gasteiger partial charge on any atom is -0.316 e. The predicted molar refractivity (Wildman–Crippen MR) is 67.9 cm³/mol. The van der Waals surface area contributed by atoms with E-state index in [1.165, 1.54) is 6.07 Å². The van der Waals surface area contributed by atoms with E-state index < -0.39 is 5.82 Å². The minimum absolute atomic E-state index is 0.124. The van der Waals surface area contributed by atoms with E-state index in [1.54, 1.807) is 6.92 Å². The molecule has 0 bridgehead atoms. The Hall–Kier alpha value is -1.22. The Labute approximate surface area is 102 Å². The van der Waals surface area contributed by atoms with Gasteiger partial charge in [-0.1, -0.05) is 19.9 Å². The van der Waals surface area contributed by atoms with E-state index in [0.29, 0.717) is 6.54 Å². The molecule has 1 aromatic carbocycles. The van der Waals surface area contributed by atoms with Crippen molar-refractivity contribution in [3.63, 3.8) is 0 Å². The number of carbonyl (C=O) groups is 1. The summed E-state index contributed by atoms with van der Waals surface area (Å²) < 4.78 is 13.8. The molecule has 1 N–H and O–H groups in total. The smallest absolute Gasteiger partial charge is 0.170 e. The Morgan fingerprint density at radius 2 is 2.06 bits per heavy atom. The summed E-state index contributed by atoms with van der Waals surface area (Å²) in [4.78, 5) is 12.1. The largest absolute Gasteiger partial charge is 0.316 e. The molecule has 94 valence electrons. The highest BCUT2D eigenvalue weighted by Crippen LogP contribution is 2.19. The summed E-state index contributed by atoms with van der Waals surface area (Å²) in [6, 6.07) is 3.26. The highest BCUT2D eigenvalue weighted by Gasteiger charge is 2.20. The van der Waals surface area contributed by atoms with E-state index in [4.69, 9.17) is 0 Å². The summed E-state index contributed by atoms with van der Waals surface area (Å²) in [6.07, 6.45) is 0. The second-order valence-electron chi connectivity index (χ2n) is 4.51. The molecule has 0 aliphatic carbocycles. The van der Waals surface area contributed by atoms with Gasteiger partial charge in [0.2, 0.25) is 0 Å². The van der Waals surface area contributed by atoms with Crippen molar-refractivity contribution in [2.75, 3.05) is 13.1 Å². The lowest BCUT2D eigenvalue weighted by Crippen LogP contribution is -2.27. The van der Waals surface area contributed by atoms with Gasteiger partial charge in [-0.05, 0) is 37.6 Å². The number of benzene rings is 1. The van der Waals surface area contributed by atoms with Gasteiger partial charge in [0.15, 0.2) is 5.78 Å². The van der Waals surface area contributed by atoms with Gasteiger partial charge < -0.3 is 5.32 Å². The highest BCUT2D eigenvalue weighted by atomic mass is 19.1. The third kappa shape index (κ3) is 3.37. The number of carbonyl (C=O) groups excluding carboxylic acids is 1. The second kappa shape index (κ2) is 5.92. The molecule has 0 aliphatic heterocycles. The molecule has 0 radical (unpaired) electrons. The molecular formula is C14H20FNO. The molecule has 1 aromatic rings. The quantitative estimate of drug-likeness (QED) is 0.798. The van der Waals surface area contributed by atoms with E-state index in [2.05, 4.69) is 5.32 Å². The highest BCUT2D eigenvalue weighted by molar-refractivity contribution is 5.99. The first-order valence-corrected chi connectivity index (χ1v) is 5.99. The number of Topliss-reactive ketones (excluding diaryl/α,β-unsaturated/α-hetero) is 1. The summed E-state index contributed by atoms with van der Waals surface area (Å²) in [5.74, 6) is -0.734. The lowest BCUT2D eigenvalue weighted by Gasteiger charge is -2.14. The second-order valence-corrected chi connectivity index (χ2v) is 4.51. The summed E-state index contributed by atoms with van der Waals surface area (Å²) in [6.45, 7) is 8.81. The number of aryl methyl sites for hydroxylation is 2. The molecule has 0 heterocycles. The predicted octanol–water partition coefficient (Wildman–Crippen LogP) is 2.87. The van der Waals surface area contributed by atoms with Gasteiger partial charge in [0.25, 0.3) is 0 Å². The number of rotatable bonds is 5. The van der Waals surface area contributed by atoms with Crippen molar-refractivity contribution in [3.05, 3.63) is 34.6 Å². The van der Waals surface area contributed by atoms with Crippen LogP contribution in [0, 0.1) is 25.6 Å². The van der Waals surface area contributed by atoms with Crippen molar-refractivity contribution < 1.29 is 9.18 Å². The van der Waals surface area contributed by atoms with E-state index in [0.717, 1.165) is 17.7 Å². The van der Waals surface area contributed by atoms with Crippen LogP contribution in [0.15, 0.2) is 12.1 Å².